The number of aryl methyl sites for hydroxylation is 1. The van der Waals surface area contributed by atoms with E-state index in [2.05, 4.69) is 0 Å². The van der Waals surface area contributed by atoms with Crippen LogP contribution in [-0.4, -0.2) is 32.6 Å². The van der Waals surface area contributed by atoms with Gasteiger partial charge >= 0.3 is 0 Å². The van der Waals surface area contributed by atoms with Gasteiger partial charge in [-0.05, 0) is 45.1 Å². The average molecular weight is 229 g/mol. The maximum absolute atomic E-state index is 13.5. The molecule has 0 unspecified atom stereocenters. The van der Waals surface area contributed by atoms with Gasteiger partial charge in [-0.25, -0.2) is 4.39 Å². The highest BCUT2D eigenvalue weighted by Crippen LogP contribution is 2.23. The Kier molecular flexibility index (Phi) is 4.68. The van der Waals surface area contributed by atoms with Crippen molar-refractivity contribution in [1.29, 1.82) is 0 Å². The minimum absolute atomic E-state index is 0.0474. The molecule has 0 aliphatic carbocycles. The molecule has 0 radical (unpaired) electrons. The Morgan fingerprint density at radius 2 is 1.88 bits per heavy atom. The molecule has 0 N–H and O–H groups in total. The van der Waals surface area contributed by atoms with E-state index in [0.29, 0.717) is 12.0 Å². The first-order valence-corrected chi connectivity index (χ1v) is 5.22. The predicted molar refractivity (Wildman–Crippen MR) is 59.8 cm³/mol. The lowest BCUT2D eigenvalue weighted by Crippen LogP contribution is -2.13. The molecule has 1 aromatic carbocycles. The molecule has 1 aromatic rings. The Hall–Kier alpha value is -1.16. The fraction of sp³-hybridized carbons (Fsp3) is 0.500. The first-order valence-electron chi connectivity index (χ1n) is 5.22. The van der Waals surface area contributed by atoms with E-state index in [1.54, 1.807) is 6.07 Å². The Labute approximate surface area is 94.8 Å². The molecule has 0 bridgehead atoms. The van der Waals surface area contributed by atoms with Gasteiger partial charge in [-0.1, -0.05) is 6.07 Å². The van der Waals surface area contributed by atoms with Crippen molar-refractivity contribution in [3.05, 3.63) is 29.3 Å². The number of benzene rings is 1. The third-order valence-electron chi connectivity index (χ3n) is 2.40. The molecule has 0 aromatic heterocycles. The SMILES string of the molecule is COc1ccc(CCCN(C)C)c(F)c1F. The number of ether oxygens (including phenoxy) is 1. The fourth-order valence-corrected chi connectivity index (χ4v) is 1.51. The summed E-state index contributed by atoms with van der Waals surface area (Å²) in [6.07, 6.45) is 1.33. The van der Waals surface area contributed by atoms with Gasteiger partial charge in [0.05, 0.1) is 7.11 Å². The Bertz CT molecular complexity index is 353. The summed E-state index contributed by atoms with van der Waals surface area (Å²) in [7, 11) is 5.22. The normalized spacial score (nSPS) is 10.9. The summed E-state index contributed by atoms with van der Waals surface area (Å²) >= 11 is 0. The van der Waals surface area contributed by atoms with Crippen LogP contribution in [0.3, 0.4) is 0 Å². The van der Waals surface area contributed by atoms with Crippen LogP contribution in [0, 0.1) is 11.6 Å². The van der Waals surface area contributed by atoms with Crippen LogP contribution in [0.25, 0.3) is 0 Å². The molecule has 0 saturated heterocycles. The van der Waals surface area contributed by atoms with E-state index in [4.69, 9.17) is 4.74 Å². The maximum Gasteiger partial charge on any atom is 0.200 e. The zero-order valence-corrected chi connectivity index (χ0v) is 9.89. The van der Waals surface area contributed by atoms with Gasteiger partial charge in [-0.2, -0.15) is 4.39 Å². The molecular formula is C12H17F2NO. The van der Waals surface area contributed by atoms with Crippen LogP contribution in [0.2, 0.25) is 0 Å². The van der Waals surface area contributed by atoms with E-state index in [-0.39, 0.29) is 5.75 Å². The van der Waals surface area contributed by atoms with Gasteiger partial charge in [0.15, 0.2) is 11.6 Å². The molecule has 0 atom stereocenters. The van der Waals surface area contributed by atoms with Crippen LogP contribution >= 0.6 is 0 Å². The quantitative estimate of drug-likeness (QED) is 0.769. The number of hydrogen-bond donors (Lipinski definition) is 0. The summed E-state index contributed by atoms with van der Waals surface area (Å²) in [6.45, 7) is 0.854. The molecule has 0 fully saturated rings. The largest absolute Gasteiger partial charge is 0.494 e. The second-order valence-corrected chi connectivity index (χ2v) is 3.96. The van der Waals surface area contributed by atoms with E-state index in [1.165, 1.54) is 13.2 Å². The Balaban J connectivity index is 2.71. The van der Waals surface area contributed by atoms with E-state index < -0.39 is 11.6 Å². The van der Waals surface area contributed by atoms with E-state index in [0.717, 1.165) is 13.0 Å². The first kappa shape index (κ1) is 12.9. The monoisotopic (exact) mass is 229 g/mol. The van der Waals surface area contributed by atoms with Gasteiger partial charge in [0, 0.05) is 0 Å². The molecule has 0 saturated carbocycles. The second kappa shape index (κ2) is 5.80. The lowest BCUT2D eigenvalue weighted by Gasteiger charge is -2.10. The van der Waals surface area contributed by atoms with E-state index in [1.807, 2.05) is 19.0 Å². The van der Waals surface area contributed by atoms with Gasteiger partial charge in [-0.15, -0.1) is 0 Å². The maximum atomic E-state index is 13.5. The molecule has 4 heteroatoms. The number of nitrogens with zero attached hydrogens (tertiary/aromatic N) is 1. The Morgan fingerprint density at radius 3 is 2.44 bits per heavy atom. The first-order chi connectivity index (χ1) is 7.56. The van der Waals surface area contributed by atoms with E-state index in [9.17, 15) is 8.78 Å². The van der Waals surface area contributed by atoms with Crippen molar-refractivity contribution in [3.8, 4) is 5.75 Å². The van der Waals surface area contributed by atoms with Crippen LogP contribution in [0.1, 0.15) is 12.0 Å². The molecule has 0 amide bonds. The van der Waals surface area contributed by atoms with Crippen molar-refractivity contribution in [3.63, 3.8) is 0 Å². The number of hydrogen-bond acceptors (Lipinski definition) is 2. The summed E-state index contributed by atoms with van der Waals surface area (Å²) in [5.41, 5.74) is 0.403. The standard InChI is InChI=1S/C12H17F2NO/c1-15(2)8-4-5-9-6-7-10(16-3)12(14)11(9)13/h6-7H,4-5,8H2,1-3H3. The zero-order valence-electron chi connectivity index (χ0n) is 9.89. The lowest BCUT2D eigenvalue weighted by atomic mass is 10.1. The minimum atomic E-state index is -0.898. The Morgan fingerprint density at radius 1 is 1.19 bits per heavy atom. The molecule has 0 heterocycles. The van der Waals surface area contributed by atoms with Crippen LogP contribution in [-0.2, 0) is 6.42 Å². The minimum Gasteiger partial charge on any atom is -0.494 e. The highest BCUT2D eigenvalue weighted by Gasteiger charge is 2.13. The molecule has 2 nitrogen and oxygen atoms in total. The average Bonchev–Trinajstić information content (AvgIpc) is 2.24. The summed E-state index contributed by atoms with van der Waals surface area (Å²) in [5, 5.41) is 0. The third kappa shape index (κ3) is 3.17. The van der Waals surface area contributed by atoms with Gasteiger partial charge in [0.2, 0.25) is 5.82 Å². The van der Waals surface area contributed by atoms with Gasteiger partial charge in [0.25, 0.3) is 0 Å². The van der Waals surface area contributed by atoms with Crippen LogP contribution < -0.4 is 4.74 Å². The van der Waals surface area contributed by atoms with Crippen molar-refractivity contribution in [2.75, 3.05) is 27.7 Å². The van der Waals surface area contributed by atoms with Crippen molar-refractivity contribution in [2.45, 2.75) is 12.8 Å². The number of halogens is 2. The highest BCUT2D eigenvalue weighted by atomic mass is 19.2. The summed E-state index contributed by atoms with van der Waals surface area (Å²) < 4.78 is 31.5. The molecule has 90 valence electrons. The van der Waals surface area contributed by atoms with Crippen molar-refractivity contribution in [1.82, 2.24) is 4.90 Å². The van der Waals surface area contributed by atoms with Crippen LogP contribution in [0.15, 0.2) is 12.1 Å². The predicted octanol–water partition coefficient (Wildman–Crippen LogP) is 2.47. The molecule has 0 aliphatic rings. The zero-order chi connectivity index (χ0) is 12.1. The summed E-state index contributed by atoms with van der Waals surface area (Å²) in [4.78, 5) is 2.01. The second-order valence-electron chi connectivity index (χ2n) is 3.96. The topological polar surface area (TPSA) is 12.5 Å². The van der Waals surface area contributed by atoms with Crippen molar-refractivity contribution in [2.24, 2.45) is 0 Å². The molecule has 0 spiro atoms. The van der Waals surface area contributed by atoms with Crippen LogP contribution in [0.5, 0.6) is 5.75 Å². The summed E-state index contributed by atoms with van der Waals surface area (Å²) in [5.74, 6) is -1.74. The molecule has 0 aliphatic heterocycles. The number of methoxy groups -OCH3 is 1. The van der Waals surface area contributed by atoms with Crippen LogP contribution in [0.4, 0.5) is 8.78 Å². The number of rotatable bonds is 5. The van der Waals surface area contributed by atoms with Crippen molar-refractivity contribution < 1.29 is 13.5 Å². The van der Waals surface area contributed by atoms with Gasteiger partial charge in [-0.3, -0.25) is 0 Å². The smallest absolute Gasteiger partial charge is 0.200 e. The van der Waals surface area contributed by atoms with Gasteiger partial charge < -0.3 is 9.64 Å². The highest BCUT2D eigenvalue weighted by molar-refractivity contribution is 5.31. The lowest BCUT2D eigenvalue weighted by molar-refractivity contribution is 0.368. The molecule has 1 rings (SSSR count). The molecular weight excluding hydrogens is 212 g/mol. The third-order valence-corrected chi connectivity index (χ3v) is 2.40. The summed E-state index contributed by atoms with van der Waals surface area (Å²) in [6, 6.07) is 3.04. The van der Waals surface area contributed by atoms with E-state index >= 15 is 0 Å². The van der Waals surface area contributed by atoms with Gasteiger partial charge in [0.1, 0.15) is 0 Å². The fourth-order valence-electron chi connectivity index (χ4n) is 1.51. The van der Waals surface area contributed by atoms with Crippen molar-refractivity contribution >= 4 is 0 Å². The molecule has 16 heavy (non-hydrogen) atoms.